The molecular formula is C23H28N8O2S. The van der Waals surface area contributed by atoms with E-state index in [1.165, 1.54) is 19.0 Å². The molecule has 11 heteroatoms. The minimum absolute atomic E-state index is 0.184. The fourth-order valence-corrected chi connectivity index (χ4v) is 4.19. The molecule has 1 amide bonds. The van der Waals surface area contributed by atoms with Gasteiger partial charge in [0.25, 0.3) is 0 Å². The standard InChI is InChI=1S/C23H28N8O2S/c1-30-16-19(14-25-30)28-23-24-15-20(34(2)33)22(29-23)27-18-8-5-7-17(13-18)26-21(32)9-6-12-31-10-3-4-11-31/h5-9,13-16H,3-4,10-12H2,1-2H3,(H,26,32)(H2,24,27,28,29). The Bertz CT molecular complexity index is 1200. The lowest BCUT2D eigenvalue weighted by Gasteiger charge is -2.12. The Labute approximate surface area is 200 Å². The molecule has 1 aliphatic rings. The van der Waals surface area contributed by atoms with Crippen molar-refractivity contribution in [2.45, 2.75) is 17.7 Å². The van der Waals surface area contributed by atoms with E-state index in [2.05, 4.69) is 35.9 Å². The molecule has 3 N–H and O–H groups in total. The SMILES string of the molecule is Cn1cc(Nc2ncc(S(C)=O)c(Nc3cccc(NC(=O)C=CCN4CCCC4)c3)n2)cn1. The Morgan fingerprint density at radius 3 is 2.68 bits per heavy atom. The molecule has 10 nitrogen and oxygen atoms in total. The molecule has 1 saturated heterocycles. The molecular weight excluding hydrogens is 452 g/mol. The zero-order chi connectivity index (χ0) is 23.9. The molecule has 1 aliphatic heterocycles. The van der Waals surface area contributed by atoms with Gasteiger partial charge in [0.05, 0.1) is 33.8 Å². The van der Waals surface area contributed by atoms with E-state index >= 15 is 0 Å². The lowest BCUT2D eigenvalue weighted by Crippen LogP contribution is -2.19. The van der Waals surface area contributed by atoms with Crippen LogP contribution in [0.3, 0.4) is 0 Å². The van der Waals surface area contributed by atoms with Crippen molar-refractivity contribution >= 4 is 45.5 Å². The molecule has 0 radical (unpaired) electrons. The molecule has 3 heterocycles. The van der Waals surface area contributed by atoms with E-state index < -0.39 is 10.8 Å². The van der Waals surface area contributed by atoms with Gasteiger partial charge in [0.2, 0.25) is 11.9 Å². The number of anilines is 5. The van der Waals surface area contributed by atoms with Gasteiger partial charge in [-0.1, -0.05) is 12.1 Å². The molecule has 2 aromatic heterocycles. The minimum Gasteiger partial charge on any atom is -0.339 e. The second-order valence-electron chi connectivity index (χ2n) is 7.99. The zero-order valence-corrected chi connectivity index (χ0v) is 20.0. The first-order chi connectivity index (χ1) is 16.5. The summed E-state index contributed by atoms with van der Waals surface area (Å²) < 4.78 is 13.9. The molecule has 1 fully saturated rings. The summed E-state index contributed by atoms with van der Waals surface area (Å²) in [5, 5.41) is 13.3. The summed E-state index contributed by atoms with van der Waals surface area (Å²) >= 11 is 0. The number of carbonyl (C=O) groups is 1. The number of aromatic nitrogens is 4. The monoisotopic (exact) mass is 480 g/mol. The molecule has 0 aliphatic carbocycles. The van der Waals surface area contributed by atoms with Crippen LogP contribution in [0.15, 0.2) is 59.9 Å². The van der Waals surface area contributed by atoms with Crippen LogP contribution in [0, 0.1) is 0 Å². The Morgan fingerprint density at radius 2 is 1.94 bits per heavy atom. The topological polar surface area (TPSA) is 117 Å². The molecule has 178 valence electrons. The van der Waals surface area contributed by atoms with E-state index in [1.807, 2.05) is 31.3 Å². The number of carbonyl (C=O) groups excluding carboxylic acids is 1. The number of nitrogens with one attached hydrogen (secondary N) is 3. The van der Waals surface area contributed by atoms with Crippen molar-refractivity contribution < 1.29 is 9.00 Å². The Kier molecular flexibility index (Phi) is 7.65. The fourth-order valence-electron chi connectivity index (χ4n) is 3.62. The average Bonchev–Trinajstić information content (AvgIpc) is 3.46. The average molecular weight is 481 g/mol. The minimum atomic E-state index is -1.30. The van der Waals surface area contributed by atoms with Gasteiger partial charge < -0.3 is 16.0 Å². The number of amides is 1. The van der Waals surface area contributed by atoms with E-state index in [0.29, 0.717) is 28.0 Å². The van der Waals surface area contributed by atoms with Crippen LogP contribution in [-0.4, -0.2) is 60.7 Å². The third-order valence-corrected chi connectivity index (χ3v) is 6.17. The van der Waals surface area contributed by atoms with Crippen molar-refractivity contribution in [3.05, 3.63) is 55.0 Å². The normalized spacial score (nSPS) is 14.9. The highest BCUT2D eigenvalue weighted by atomic mass is 32.2. The first kappa shape index (κ1) is 23.6. The zero-order valence-electron chi connectivity index (χ0n) is 19.2. The summed E-state index contributed by atoms with van der Waals surface area (Å²) in [4.78, 5) is 23.9. The summed E-state index contributed by atoms with van der Waals surface area (Å²) in [6.45, 7) is 2.97. The van der Waals surface area contributed by atoms with Gasteiger partial charge in [0, 0.05) is 43.5 Å². The lowest BCUT2D eigenvalue weighted by molar-refractivity contribution is -0.111. The summed E-state index contributed by atoms with van der Waals surface area (Å²) in [7, 11) is 0.518. The second-order valence-corrected chi connectivity index (χ2v) is 9.34. The van der Waals surface area contributed by atoms with E-state index in [0.717, 1.165) is 25.3 Å². The predicted molar refractivity (Wildman–Crippen MR) is 134 cm³/mol. The number of hydrogen-bond donors (Lipinski definition) is 3. The van der Waals surface area contributed by atoms with E-state index in [1.54, 1.807) is 35.5 Å². The van der Waals surface area contributed by atoms with E-state index in [4.69, 9.17) is 0 Å². The Morgan fingerprint density at radius 1 is 1.15 bits per heavy atom. The summed E-state index contributed by atoms with van der Waals surface area (Å²) in [6, 6.07) is 7.28. The number of hydrogen-bond acceptors (Lipinski definition) is 8. The smallest absolute Gasteiger partial charge is 0.248 e. The van der Waals surface area contributed by atoms with Crippen molar-refractivity contribution in [1.82, 2.24) is 24.6 Å². The molecule has 3 aromatic rings. The predicted octanol–water partition coefficient (Wildman–Crippen LogP) is 3.03. The largest absolute Gasteiger partial charge is 0.339 e. The first-order valence-corrected chi connectivity index (χ1v) is 12.6. The summed E-state index contributed by atoms with van der Waals surface area (Å²) in [5.74, 6) is 0.574. The Balaban J connectivity index is 1.44. The molecule has 1 unspecified atom stereocenters. The lowest BCUT2D eigenvalue weighted by atomic mass is 10.2. The van der Waals surface area contributed by atoms with Crippen LogP contribution < -0.4 is 16.0 Å². The highest BCUT2D eigenvalue weighted by Crippen LogP contribution is 2.25. The summed E-state index contributed by atoms with van der Waals surface area (Å²) in [5.41, 5.74) is 2.07. The van der Waals surface area contributed by atoms with Gasteiger partial charge in [-0.25, -0.2) is 4.98 Å². The number of benzene rings is 1. The molecule has 0 saturated carbocycles. The third-order valence-electron chi connectivity index (χ3n) is 5.25. The number of aryl methyl sites for hydroxylation is 1. The highest BCUT2D eigenvalue weighted by Gasteiger charge is 2.13. The molecule has 0 bridgehead atoms. The van der Waals surface area contributed by atoms with Gasteiger partial charge in [0.1, 0.15) is 0 Å². The maximum Gasteiger partial charge on any atom is 0.248 e. The van der Waals surface area contributed by atoms with Gasteiger partial charge in [-0.05, 0) is 44.1 Å². The quantitative estimate of drug-likeness (QED) is 0.400. The summed E-state index contributed by atoms with van der Waals surface area (Å²) in [6.07, 6.45) is 12.5. The second kappa shape index (κ2) is 11.0. The van der Waals surface area contributed by atoms with Gasteiger partial charge in [-0.2, -0.15) is 10.1 Å². The molecule has 0 spiro atoms. The van der Waals surface area contributed by atoms with Crippen LogP contribution >= 0.6 is 0 Å². The van der Waals surface area contributed by atoms with Crippen molar-refractivity contribution in [2.24, 2.45) is 7.05 Å². The number of nitrogens with zero attached hydrogens (tertiary/aromatic N) is 5. The molecule has 1 atom stereocenters. The van der Waals surface area contributed by atoms with E-state index in [-0.39, 0.29) is 5.91 Å². The maximum atomic E-state index is 12.3. The van der Waals surface area contributed by atoms with Crippen LogP contribution in [0.5, 0.6) is 0 Å². The third kappa shape index (κ3) is 6.49. The van der Waals surface area contributed by atoms with Crippen LogP contribution in [0.25, 0.3) is 0 Å². The van der Waals surface area contributed by atoms with E-state index in [9.17, 15) is 9.00 Å². The first-order valence-electron chi connectivity index (χ1n) is 11.0. The van der Waals surface area contributed by atoms with Crippen molar-refractivity contribution in [2.75, 3.05) is 41.8 Å². The van der Waals surface area contributed by atoms with Gasteiger partial charge in [0.15, 0.2) is 5.82 Å². The Hall–Kier alpha value is -3.57. The number of likely N-dealkylation sites (tertiary alicyclic amines) is 1. The van der Waals surface area contributed by atoms with Crippen molar-refractivity contribution in [1.29, 1.82) is 0 Å². The molecule has 4 rings (SSSR count). The van der Waals surface area contributed by atoms with Crippen LogP contribution in [0.2, 0.25) is 0 Å². The maximum absolute atomic E-state index is 12.3. The highest BCUT2D eigenvalue weighted by molar-refractivity contribution is 7.84. The van der Waals surface area contributed by atoms with Crippen LogP contribution in [0.4, 0.5) is 28.8 Å². The van der Waals surface area contributed by atoms with Crippen LogP contribution in [0.1, 0.15) is 12.8 Å². The van der Waals surface area contributed by atoms with Crippen molar-refractivity contribution in [3.8, 4) is 0 Å². The van der Waals surface area contributed by atoms with Gasteiger partial charge in [-0.3, -0.25) is 18.6 Å². The fraction of sp³-hybridized carbons (Fsp3) is 0.304. The number of rotatable bonds is 9. The molecule has 1 aromatic carbocycles. The van der Waals surface area contributed by atoms with Crippen molar-refractivity contribution in [3.63, 3.8) is 0 Å². The van der Waals surface area contributed by atoms with Crippen LogP contribution in [-0.2, 0) is 22.6 Å². The molecule has 34 heavy (non-hydrogen) atoms. The van der Waals surface area contributed by atoms with Gasteiger partial charge in [-0.15, -0.1) is 0 Å². The van der Waals surface area contributed by atoms with Gasteiger partial charge >= 0.3 is 0 Å².